The molecule has 1 aromatic carbocycles. The van der Waals surface area contributed by atoms with E-state index in [-0.39, 0.29) is 12.5 Å². The number of carbonyl (C=O) groups excluding carboxylic acids is 3. The van der Waals surface area contributed by atoms with Crippen LogP contribution in [0, 0.1) is 0 Å². The summed E-state index contributed by atoms with van der Waals surface area (Å²) >= 11 is 0. The molecule has 2 N–H and O–H groups in total. The van der Waals surface area contributed by atoms with Crippen LogP contribution in [0.15, 0.2) is 66.7 Å². The Kier molecular flexibility index (Phi) is 5.30. The molecule has 118 valence electrons. The number of nitrogens with one attached hydrogen (secondary N) is 2. The molecule has 7 nitrogen and oxygen atoms in total. The Labute approximate surface area is 132 Å². The number of benzene rings is 1. The van der Waals surface area contributed by atoms with E-state index in [2.05, 4.69) is 17.2 Å². The van der Waals surface area contributed by atoms with Crippen molar-refractivity contribution >= 4 is 17.8 Å². The zero-order valence-electron chi connectivity index (χ0n) is 12.1. The molecule has 0 saturated heterocycles. The lowest BCUT2D eigenvalue weighted by molar-refractivity contribution is -0.137. The predicted molar refractivity (Wildman–Crippen MR) is 80.7 cm³/mol. The standard InChI is InChI=1S/C16H14N2O5/c1-11-17-12(9-14(19)18-11)10-22-15(20)7-8-16(21)23-13-5-3-2-4-6-13/h2-9,17H,1,10H2,(H,18,19)/b8-7+. The van der Waals surface area contributed by atoms with Crippen molar-refractivity contribution in [1.82, 2.24) is 10.6 Å². The largest absolute Gasteiger partial charge is 0.456 e. The summed E-state index contributed by atoms with van der Waals surface area (Å²) in [6, 6.07) is 8.45. The highest BCUT2D eigenvalue weighted by Gasteiger charge is 2.12. The minimum Gasteiger partial charge on any atom is -0.456 e. The van der Waals surface area contributed by atoms with E-state index in [1.165, 1.54) is 6.08 Å². The second-order valence-electron chi connectivity index (χ2n) is 4.44. The van der Waals surface area contributed by atoms with Crippen LogP contribution in [-0.2, 0) is 19.1 Å². The Hall–Kier alpha value is -3.35. The number of hydrogen-bond donors (Lipinski definition) is 2. The van der Waals surface area contributed by atoms with Crippen LogP contribution >= 0.6 is 0 Å². The maximum absolute atomic E-state index is 11.5. The second-order valence-corrected chi connectivity index (χ2v) is 4.44. The lowest BCUT2D eigenvalue weighted by Gasteiger charge is -2.17. The first-order valence-electron chi connectivity index (χ1n) is 6.62. The van der Waals surface area contributed by atoms with Gasteiger partial charge < -0.3 is 20.1 Å². The zero-order valence-corrected chi connectivity index (χ0v) is 12.1. The highest BCUT2D eigenvalue weighted by molar-refractivity contribution is 5.93. The molecule has 1 heterocycles. The summed E-state index contributed by atoms with van der Waals surface area (Å²) in [5.74, 6) is -1.13. The zero-order chi connectivity index (χ0) is 16.7. The van der Waals surface area contributed by atoms with Crippen LogP contribution in [0.25, 0.3) is 0 Å². The molecule has 0 aromatic heterocycles. The minimum atomic E-state index is -0.741. The summed E-state index contributed by atoms with van der Waals surface area (Å²) < 4.78 is 9.86. The molecule has 1 amide bonds. The van der Waals surface area contributed by atoms with Gasteiger partial charge >= 0.3 is 11.9 Å². The molecule has 0 saturated carbocycles. The third kappa shape index (κ3) is 5.50. The Balaban J connectivity index is 1.79. The van der Waals surface area contributed by atoms with Gasteiger partial charge in [0.15, 0.2) is 0 Å². The van der Waals surface area contributed by atoms with Gasteiger partial charge in [-0.2, -0.15) is 0 Å². The molecular weight excluding hydrogens is 300 g/mol. The van der Waals surface area contributed by atoms with Gasteiger partial charge in [-0.1, -0.05) is 24.8 Å². The van der Waals surface area contributed by atoms with Crippen molar-refractivity contribution in [3.05, 3.63) is 66.7 Å². The van der Waals surface area contributed by atoms with Crippen molar-refractivity contribution < 1.29 is 23.9 Å². The summed E-state index contributed by atoms with van der Waals surface area (Å²) in [4.78, 5) is 34.2. The van der Waals surface area contributed by atoms with E-state index in [9.17, 15) is 14.4 Å². The molecule has 1 aromatic rings. The number of rotatable bonds is 5. The fourth-order valence-corrected chi connectivity index (χ4v) is 1.65. The monoisotopic (exact) mass is 314 g/mol. The quantitative estimate of drug-likeness (QED) is 0.473. The summed E-state index contributed by atoms with van der Waals surface area (Å²) in [5.41, 5.74) is 0.382. The van der Waals surface area contributed by atoms with Crippen LogP contribution in [0.1, 0.15) is 0 Å². The van der Waals surface area contributed by atoms with E-state index in [0.717, 1.165) is 12.2 Å². The minimum absolute atomic E-state index is 0.149. The predicted octanol–water partition coefficient (Wildman–Crippen LogP) is 0.766. The van der Waals surface area contributed by atoms with E-state index in [0.29, 0.717) is 17.3 Å². The number of esters is 2. The Bertz CT molecular complexity index is 692. The van der Waals surface area contributed by atoms with Gasteiger partial charge in [0.05, 0.1) is 5.70 Å². The molecule has 0 spiro atoms. The van der Waals surface area contributed by atoms with Gasteiger partial charge in [0.25, 0.3) is 5.91 Å². The molecule has 2 rings (SSSR count). The van der Waals surface area contributed by atoms with Crippen molar-refractivity contribution in [2.75, 3.05) is 6.61 Å². The van der Waals surface area contributed by atoms with Gasteiger partial charge in [-0.3, -0.25) is 4.79 Å². The first-order valence-corrected chi connectivity index (χ1v) is 6.62. The number of para-hydroxylation sites is 1. The molecule has 0 unspecified atom stereocenters. The van der Waals surface area contributed by atoms with Gasteiger partial charge in [0.1, 0.15) is 18.2 Å². The van der Waals surface area contributed by atoms with Crippen LogP contribution in [0.4, 0.5) is 0 Å². The van der Waals surface area contributed by atoms with E-state index in [1.807, 2.05) is 0 Å². The topological polar surface area (TPSA) is 93.7 Å². The summed E-state index contributed by atoms with van der Waals surface area (Å²) in [5, 5.41) is 5.16. The highest BCUT2D eigenvalue weighted by atomic mass is 16.5. The molecule has 1 aliphatic rings. The maximum atomic E-state index is 11.5. The van der Waals surface area contributed by atoms with E-state index >= 15 is 0 Å². The molecule has 7 heteroatoms. The van der Waals surface area contributed by atoms with Crippen LogP contribution in [0.5, 0.6) is 5.75 Å². The molecule has 0 radical (unpaired) electrons. The van der Waals surface area contributed by atoms with E-state index in [1.54, 1.807) is 30.3 Å². The average molecular weight is 314 g/mol. The van der Waals surface area contributed by atoms with Gasteiger partial charge in [0.2, 0.25) is 0 Å². The smallest absolute Gasteiger partial charge is 0.336 e. The third-order valence-electron chi connectivity index (χ3n) is 2.58. The number of ether oxygens (including phenoxy) is 2. The molecule has 23 heavy (non-hydrogen) atoms. The van der Waals surface area contributed by atoms with Crippen molar-refractivity contribution in [3.8, 4) is 5.75 Å². The summed E-state index contributed by atoms with van der Waals surface area (Å²) in [6.07, 6.45) is 3.16. The van der Waals surface area contributed by atoms with Crippen molar-refractivity contribution in [1.29, 1.82) is 0 Å². The van der Waals surface area contributed by atoms with Crippen molar-refractivity contribution in [3.63, 3.8) is 0 Å². The molecule has 0 aliphatic carbocycles. The lowest BCUT2D eigenvalue weighted by atomic mass is 10.3. The SMILES string of the molecule is C=C1NC(=O)C=C(COC(=O)/C=C/C(=O)Oc2ccccc2)N1. The average Bonchev–Trinajstić information content (AvgIpc) is 2.51. The van der Waals surface area contributed by atoms with Crippen LogP contribution < -0.4 is 15.4 Å². The summed E-state index contributed by atoms with van der Waals surface area (Å²) in [6.45, 7) is 3.39. The van der Waals surface area contributed by atoms with Gasteiger partial charge in [-0.05, 0) is 12.1 Å². The Morgan fingerprint density at radius 2 is 1.78 bits per heavy atom. The number of amides is 1. The van der Waals surface area contributed by atoms with E-state index in [4.69, 9.17) is 9.47 Å². The molecule has 0 bridgehead atoms. The first-order chi connectivity index (χ1) is 11.0. The van der Waals surface area contributed by atoms with Gasteiger partial charge in [-0.25, -0.2) is 9.59 Å². The van der Waals surface area contributed by atoms with Crippen LogP contribution in [0.2, 0.25) is 0 Å². The van der Waals surface area contributed by atoms with Crippen LogP contribution in [-0.4, -0.2) is 24.5 Å². The van der Waals surface area contributed by atoms with E-state index < -0.39 is 11.9 Å². The second kappa shape index (κ2) is 7.60. The highest BCUT2D eigenvalue weighted by Crippen LogP contribution is 2.08. The molecule has 1 aliphatic heterocycles. The third-order valence-corrected chi connectivity index (χ3v) is 2.58. The first kappa shape index (κ1) is 16.0. The lowest BCUT2D eigenvalue weighted by Crippen LogP contribution is -2.36. The fraction of sp³-hybridized carbons (Fsp3) is 0.0625. The number of hydrogen-bond acceptors (Lipinski definition) is 6. The molecule has 0 atom stereocenters. The number of carbonyl (C=O) groups is 3. The van der Waals surface area contributed by atoms with Gasteiger partial charge in [0, 0.05) is 18.2 Å². The normalized spacial score (nSPS) is 13.8. The Morgan fingerprint density at radius 3 is 2.48 bits per heavy atom. The fourth-order valence-electron chi connectivity index (χ4n) is 1.65. The summed E-state index contributed by atoms with van der Waals surface area (Å²) in [7, 11) is 0. The Morgan fingerprint density at radius 1 is 1.09 bits per heavy atom. The maximum Gasteiger partial charge on any atom is 0.336 e. The van der Waals surface area contributed by atoms with Crippen molar-refractivity contribution in [2.24, 2.45) is 0 Å². The van der Waals surface area contributed by atoms with Crippen LogP contribution in [0.3, 0.4) is 0 Å². The molecular formula is C16H14N2O5. The van der Waals surface area contributed by atoms with Crippen molar-refractivity contribution in [2.45, 2.75) is 0 Å². The molecule has 0 fully saturated rings. The van der Waals surface area contributed by atoms with Gasteiger partial charge in [-0.15, -0.1) is 0 Å².